The van der Waals surface area contributed by atoms with Crippen molar-refractivity contribution < 1.29 is 22.7 Å². The monoisotopic (exact) mass is 268 g/mol. The van der Waals surface area contributed by atoms with Gasteiger partial charge in [-0.25, -0.2) is 4.39 Å². The fourth-order valence-corrected chi connectivity index (χ4v) is 1.02. The Morgan fingerprint density at radius 1 is 1.00 bits per heavy atom. The molecule has 18 heavy (non-hydrogen) atoms. The molecule has 0 saturated carbocycles. The van der Waals surface area contributed by atoms with Gasteiger partial charge < -0.3 is 5.11 Å². The SMILES string of the molecule is CC.CC.CC(O)c1cc(F)cc(C(F)(F)F)c1. The Morgan fingerprint density at radius 2 is 1.44 bits per heavy atom. The summed E-state index contributed by atoms with van der Waals surface area (Å²) in [6.07, 6.45) is -5.71. The van der Waals surface area contributed by atoms with Crippen LogP contribution in [0.5, 0.6) is 0 Å². The van der Waals surface area contributed by atoms with E-state index in [-0.39, 0.29) is 5.56 Å². The summed E-state index contributed by atoms with van der Waals surface area (Å²) < 4.78 is 49.2. The Bertz CT molecular complexity index is 332. The Kier molecular flexibility index (Phi) is 9.53. The van der Waals surface area contributed by atoms with Crippen LogP contribution in [0.15, 0.2) is 18.2 Å². The highest BCUT2D eigenvalue weighted by molar-refractivity contribution is 5.27. The van der Waals surface area contributed by atoms with Gasteiger partial charge in [0.05, 0.1) is 11.7 Å². The second-order valence-corrected chi connectivity index (χ2v) is 2.95. The molecule has 1 aromatic rings. The van der Waals surface area contributed by atoms with E-state index in [0.717, 1.165) is 12.1 Å². The third-order valence-corrected chi connectivity index (χ3v) is 1.73. The molecule has 0 saturated heterocycles. The summed E-state index contributed by atoms with van der Waals surface area (Å²) in [4.78, 5) is 0. The summed E-state index contributed by atoms with van der Waals surface area (Å²) in [6.45, 7) is 9.27. The van der Waals surface area contributed by atoms with Crippen LogP contribution in [0.25, 0.3) is 0 Å². The van der Waals surface area contributed by atoms with Gasteiger partial charge in [-0.15, -0.1) is 0 Å². The van der Waals surface area contributed by atoms with Crippen LogP contribution in [0.4, 0.5) is 17.6 Å². The first-order chi connectivity index (χ1) is 8.30. The van der Waals surface area contributed by atoms with Crippen molar-refractivity contribution in [1.82, 2.24) is 0 Å². The van der Waals surface area contributed by atoms with E-state index in [1.807, 2.05) is 27.7 Å². The van der Waals surface area contributed by atoms with Crippen LogP contribution in [0, 0.1) is 5.82 Å². The van der Waals surface area contributed by atoms with Crippen molar-refractivity contribution in [2.24, 2.45) is 0 Å². The number of hydrogen-bond donors (Lipinski definition) is 1. The van der Waals surface area contributed by atoms with Crippen LogP contribution in [0.2, 0.25) is 0 Å². The minimum absolute atomic E-state index is 0.0858. The van der Waals surface area contributed by atoms with Crippen molar-refractivity contribution >= 4 is 0 Å². The van der Waals surface area contributed by atoms with E-state index >= 15 is 0 Å². The van der Waals surface area contributed by atoms with E-state index in [9.17, 15) is 17.6 Å². The number of benzene rings is 1. The average molecular weight is 268 g/mol. The van der Waals surface area contributed by atoms with Gasteiger partial charge in [0.25, 0.3) is 0 Å². The largest absolute Gasteiger partial charge is 0.416 e. The fraction of sp³-hybridized carbons (Fsp3) is 0.538. The highest BCUT2D eigenvalue weighted by Crippen LogP contribution is 2.31. The van der Waals surface area contributed by atoms with E-state index in [1.165, 1.54) is 6.92 Å². The second-order valence-electron chi connectivity index (χ2n) is 2.95. The number of aliphatic hydroxyl groups excluding tert-OH is 1. The Labute approximate surface area is 105 Å². The van der Waals surface area contributed by atoms with Crippen molar-refractivity contribution in [3.05, 3.63) is 35.1 Å². The molecular formula is C13H20F4O. The molecule has 5 heteroatoms. The smallest absolute Gasteiger partial charge is 0.389 e. The van der Waals surface area contributed by atoms with Crippen LogP contribution >= 0.6 is 0 Å². The fourth-order valence-electron chi connectivity index (χ4n) is 1.02. The summed E-state index contributed by atoms with van der Waals surface area (Å²) in [5.74, 6) is -1.00. The standard InChI is InChI=1S/C9H8F4O.2C2H6/c1-5(14)6-2-7(9(11,12)13)4-8(10)3-6;2*1-2/h2-5,14H,1H3;2*1-2H3. The van der Waals surface area contributed by atoms with Gasteiger partial charge in [-0.1, -0.05) is 27.7 Å². The lowest BCUT2D eigenvalue weighted by Gasteiger charge is -2.10. The lowest BCUT2D eigenvalue weighted by Crippen LogP contribution is -2.07. The maximum atomic E-state index is 12.7. The number of aliphatic hydroxyl groups is 1. The van der Waals surface area contributed by atoms with Gasteiger partial charge in [-0.05, 0) is 30.7 Å². The van der Waals surface area contributed by atoms with Gasteiger partial charge in [-0.3, -0.25) is 0 Å². The topological polar surface area (TPSA) is 20.2 Å². The van der Waals surface area contributed by atoms with Crippen molar-refractivity contribution in [1.29, 1.82) is 0 Å². The van der Waals surface area contributed by atoms with Gasteiger partial charge >= 0.3 is 6.18 Å². The number of hydrogen-bond acceptors (Lipinski definition) is 1. The molecule has 0 aliphatic rings. The van der Waals surface area contributed by atoms with Gasteiger partial charge in [0.1, 0.15) is 5.82 Å². The molecule has 1 unspecified atom stereocenters. The molecule has 0 fully saturated rings. The first kappa shape index (κ1) is 19.2. The molecule has 0 amide bonds. The van der Waals surface area contributed by atoms with E-state index in [0.29, 0.717) is 6.07 Å². The molecule has 0 aliphatic carbocycles. The second kappa shape index (κ2) is 8.91. The average Bonchev–Trinajstić information content (AvgIpc) is 2.32. The third kappa shape index (κ3) is 6.59. The van der Waals surface area contributed by atoms with Gasteiger partial charge in [0.15, 0.2) is 0 Å². The molecule has 1 aromatic carbocycles. The molecule has 1 nitrogen and oxygen atoms in total. The lowest BCUT2D eigenvalue weighted by atomic mass is 10.1. The normalized spacial score (nSPS) is 11.7. The summed E-state index contributed by atoms with van der Waals surface area (Å²) in [7, 11) is 0. The predicted octanol–water partition coefficient (Wildman–Crippen LogP) is 4.95. The number of alkyl halides is 3. The van der Waals surface area contributed by atoms with Crippen LogP contribution in [-0.4, -0.2) is 5.11 Å². The Hall–Kier alpha value is -1.10. The molecule has 0 aliphatic heterocycles. The Morgan fingerprint density at radius 3 is 1.78 bits per heavy atom. The molecule has 0 spiro atoms. The molecule has 1 N–H and O–H groups in total. The van der Waals surface area contributed by atoms with Crippen LogP contribution in [-0.2, 0) is 6.18 Å². The summed E-state index contributed by atoms with van der Waals surface area (Å²) >= 11 is 0. The highest BCUT2D eigenvalue weighted by atomic mass is 19.4. The van der Waals surface area contributed by atoms with Gasteiger partial charge in [0.2, 0.25) is 0 Å². The summed E-state index contributed by atoms with van der Waals surface area (Å²) in [6, 6.07) is 2.00. The predicted molar refractivity (Wildman–Crippen MR) is 64.7 cm³/mol. The number of halogens is 4. The van der Waals surface area contributed by atoms with Crippen LogP contribution in [0.1, 0.15) is 51.8 Å². The maximum absolute atomic E-state index is 12.7. The van der Waals surface area contributed by atoms with Gasteiger partial charge in [0, 0.05) is 0 Å². The molecule has 1 rings (SSSR count). The summed E-state index contributed by atoms with van der Waals surface area (Å²) in [5, 5.41) is 9.00. The first-order valence-corrected chi connectivity index (χ1v) is 5.86. The highest BCUT2D eigenvalue weighted by Gasteiger charge is 2.31. The zero-order valence-corrected chi connectivity index (χ0v) is 11.3. The van der Waals surface area contributed by atoms with E-state index < -0.39 is 23.7 Å². The maximum Gasteiger partial charge on any atom is 0.416 e. The van der Waals surface area contributed by atoms with E-state index in [2.05, 4.69) is 0 Å². The lowest BCUT2D eigenvalue weighted by molar-refractivity contribution is -0.137. The van der Waals surface area contributed by atoms with Crippen molar-refractivity contribution in [3.63, 3.8) is 0 Å². The molecular weight excluding hydrogens is 248 g/mol. The quantitative estimate of drug-likeness (QED) is 0.714. The first-order valence-electron chi connectivity index (χ1n) is 5.86. The van der Waals surface area contributed by atoms with E-state index in [1.54, 1.807) is 0 Å². The zero-order valence-electron chi connectivity index (χ0n) is 11.3. The molecule has 0 radical (unpaired) electrons. The van der Waals surface area contributed by atoms with Crippen LogP contribution in [0.3, 0.4) is 0 Å². The minimum atomic E-state index is -4.59. The zero-order chi connectivity index (χ0) is 14.9. The molecule has 0 heterocycles. The van der Waals surface area contributed by atoms with Crippen molar-refractivity contribution in [2.75, 3.05) is 0 Å². The summed E-state index contributed by atoms with van der Waals surface area (Å²) in [5.41, 5.74) is -1.18. The number of rotatable bonds is 1. The molecule has 0 bridgehead atoms. The van der Waals surface area contributed by atoms with Gasteiger partial charge in [-0.2, -0.15) is 13.2 Å². The van der Waals surface area contributed by atoms with Crippen molar-refractivity contribution in [3.8, 4) is 0 Å². The molecule has 0 aromatic heterocycles. The minimum Gasteiger partial charge on any atom is -0.389 e. The third-order valence-electron chi connectivity index (χ3n) is 1.73. The van der Waals surface area contributed by atoms with E-state index in [4.69, 9.17) is 5.11 Å². The molecule has 1 atom stereocenters. The van der Waals surface area contributed by atoms with Crippen LogP contribution < -0.4 is 0 Å². The molecule has 106 valence electrons. The van der Waals surface area contributed by atoms with Crippen molar-refractivity contribution in [2.45, 2.75) is 46.9 Å². The Balaban J connectivity index is 0.